The summed E-state index contributed by atoms with van der Waals surface area (Å²) in [5.74, 6) is -0.990. The molecular weight excluding hydrogens is 386 g/mol. The number of rotatable bonds is 1. The maximum absolute atomic E-state index is 10.1. The normalized spacial score (nSPS) is 8.50. The second-order valence-electron chi connectivity index (χ2n) is 1.56. The molecule has 0 aliphatic carbocycles. The van der Waals surface area contributed by atoms with Gasteiger partial charge in [0.1, 0.15) is 5.69 Å². The minimum atomic E-state index is -0.990. The van der Waals surface area contributed by atoms with Crippen LogP contribution in [0, 0.1) is 0 Å². The van der Waals surface area contributed by atoms with Gasteiger partial charge in [-0.15, -0.1) is 0 Å². The zero-order valence-corrected chi connectivity index (χ0v) is 9.35. The van der Waals surface area contributed by atoms with Crippen molar-refractivity contribution >= 4 is 24.3 Å². The Labute approximate surface area is 86.7 Å². The van der Waals surface area contributed by atoms with Gasteiger partial charge in [-0.2, -0.15) is 0 Å². The Morgan fingerprint density at radius 1 is 1.50 bits per heavy atom. The van der Waals surface area contributed by atoms with Gasteiger partial charge in [0, 0.05) is 6.20 Å². The van der Waals surface area contributed by atoms with Gasteiger partial charge in [0.25, 0.3) is 0 Å². The van der Waals surface area contributed by atoms with E-state index in [9.17, 15) is 4.79 Å². The molecule has 0 saturated heterocycles. The molecular formula is C6H5AuCl2NO2-. The molecule has 72 valence electrons. The van der Waals surface area contributed by atoms with Crippen LogP contribution in [0.3, 0.4) is 0 Å². The molecule has 6 heteroatoms. The number of aromatic nitrogens is 1. The molecule has 0 bridgehead atoms. The molecule has 0 atom stereocenters. The molecule has 0 fully saturated rings. The second kappa shape index (κ2) is 7.58. The van der Waals surface area contributed by atoms with Gasteiger partial charge in [-0.3, -0.25) is 0 Å². The fourth-order valence-corrected chi connectivity index (χ4v) is 0.489. The van der Waals surface area contributed by atoms with E-state index >= 15 is 0 Å². The third-order valence-electron chi connectivity index (χ3n) is 0.884. The van der Waals surface area contributed by atoms with Crippen molar-refractivity contribution in [3.63, 3.8) is 0 Å². The van der Waals surface area contributed by atoms with Crippen molar-refractivity contribution in [2.75, 3.05) is 0 Å². The molecule has 0 spiro atoms. The van der Waals surface area contributed by atoms with Gasteiger partial charge < -0.3 is 5.11 Å². The fourth-order valence-electron chi connectivity index (χ4n) is 0.489. The van der Waals surface area contributed by atoms with E-state index in [1.807, 2.05) is 0 Å². The zero-order chi connectivity index (χ0) is 9.40. The van der Waals surface area contributed by atoms with E-state index in [1.54, 1.807) is 12.1 Å². The predicted octanol–water partition coefficient (Wildman–Crippen LogP) is 2.16. The fraction of sp³-hybridized carbons (Fsp3) is 0. The van der Waals surface area contributed by atoms with E-state index in [0.29, 0.717) is 0 Å². The van der Waals surface area contributed by atoms with Crippen molar-refractivity contribution < 1.29 is 27.5 Å². The third-order valence-corrected chi connectivity index (χ3v) is 0.884. The van der Waals surface area contributed by atoms with Crippen LogP contribution in [0.4, 0.5) is 0 Å². The molecule has 0 saturated carbocycles. The number of nitrogens with zero attached hydrogens (tertiary/aromatic N) is 1. The van der Waals surface area contributed by atoms with Crippen LogP contribution in [0.5, 0.6) is 0 Å². The maximum atomic E-state index is 10.1. The number of pyridine rings is 1. The van der Waals surface area contributed by atoms with E-state index in [0.717, 1.165) is 0 Å². The Balaban J connectivity index is 0.000000354. The summed E-state index contributed by atoms with van der Waals surface area (Å²) in [6, 6.07) is 4.76. The predicted molar refractivity (Wildman–Crippen MR) is 42.9 cm³/mol. The molecule has 0 aromatic carbocycles. The van der Waals surface area contributed by atoms with Gasteiger partial charge in [-0.1, -0.05) is 6.07 Å². The third kappa shape index (κ3) is 5.57. The summed E-state index contributed by atoms with van der Waals surface area (Å²) in [6.45, 7) is 0. The Hall–Kier alpha value is -0.0597. The molecule has 1 aromatic rings. The summed E-state index contributed by atoms with van der Waals surface area (Å²) in [5, 5.41) is 8.32. The quantitative estimate of drug-likeness (QED) is 0.747. The van der Waals surface area contributed by atoms with Crippen LogP contribution in [0.25, 0.3) is 0 Å². The number of halogens is 2. The van der Waals surface area contributed by atoms with Crippen LogP contribution in [0.15, 0.2) is 24.4 Å². The van der Waals surface area contributed by atoms with Crippen LogP contribution in [0.1, 0.15) is 10.5 Å². The van der Waals surface area contributed by atoms with Crippen molar-refractivity contribution in [2.45, 2.75) is 0 Å². The Morgan fingerprint density at radius 3 is 2.33 bits per heavy atom. The van der Waals surface area contributed by atoms with Crippen LogP contribution < -0.4 is 0 Å². The Morgan fingerprint density at radius 2 is 2.08 bits per heavy atom. The molecule has 0 aliphatic heterocycles. The summed E-state index contributed by atoms with van der Waals surface area (Å²) >= 11 is -0.389. The first-order chi connectivity index (χ1) is 5.72. The number of carbonyl (C=O) groups is 1. The van der Waals surface area contributed by atoms with Gasteiger partial charge in [0.2, 0.25) is 0 Å². The summed E-state index contributed by atoms with van der Waals surface area (Å²) < 4.78 is 0. The van der Waals surface area contributed by atoms with Crippen LogP contribution in [0.2, 0.25) is 0 Å². The van der Waals surface area contributed by atoms with Gasteiger partial charge in [0.15, 0.2) is 0 Å². The number of carboxylic acids is 1. The number of hydrogen-bond acceptors (Lipinski definition) is 2. The standard InChI is InChI=1S/C6H5NO2.Au.2ClH/c8-6(9)5-3-1-2-4-7-5;;;/h1-4H,(H,8,9);;2*1H/q;+1;;/p-2. The van der Waals surface area contributed by atoms with Crippen molar-refractivity contribution in [3.8, 4) is 0 Å². The molecule has 0 aliphatic rings. The van der Waals surface area contributed by atoms with Gasteiger partial charge in [0.05, 0.1) is 0 Å². The van der Waals surface area contributed by atoms with Crippen molar-refractivity contribution in [2.24, 2.45) is 0 Å². The average Bonchev–Trinajstić information content (AvgIpc) is 2.07. The number of hydrogen-bond donors (Lipinski definition) is 1. The van der Waals surface area contributed by atoms with Gasteiger partial charge in [-0.05, 0) is 12.1 Å². The summed E-state index contributed by atoms with van der Waals surface area (Å²) in [7, 11) is 9.72. The Kier molecular flexibility index (Phi) is 7.54. The first-order valence-electron chi connectivity index (χ1n) is 2.68. The van der Waals surface area contributed by atoms with Crippen molar-refractivity contribution in [1.29, 1.82) is 0 Å². The Bertz CT molecular complexity index is 232. The van der Waals surface area contributed by atoms with E-state index in [1.165, 1.54) is 12.3 Å². The molecule has 1 aromatic heterocycles. The topological polar surface area (TPSA) is 50.2 Å². The summed E-state index contributed by atoms with van der Waals surface area (Å²) in [4.78, 5) is 13.7. The molecule has 0 radical (unpaired) electrons. The monoisotopic (exact) mass is 390 g/mol. The van der Waals surface area contributed by atoms with Crippen LogP contribution >= 0.6 is 18.4 Å². The van der Waals surface area contributed by atoms with Crippen LogP contribution in [-0.2, 0) is 17.6 Å². The van der Waals surface area contributed by atoms with Gasteiger partial charge >= 0.3 is 41.9 Å². The van der Waals surface area contributed by atoms with E-state index in [2.05, 4.69) is 4.98 Å². The SMILES string of the molecule is O=C(O)c1ccccn1.[Cl][Au-][Cl]. The molecule has 1 rings (SSSR count). The van der Waals surface area contributed by atoms with E-state index in [-0.39, 0.29) is 23.3 Å². The first kappa shape index (κ1) is 11.9. The van der Waals surface area contributed by atoms with Gasteiger partial charge in [-0.25, -0.2) is 9.78 Å². The van der Waals surface area contributed by atoms with Crippen molar-refractivity contribution in [1.82, 2.24) is 4.98 Å². The van der Waals surface area contributed by atoms with E-state index < -0.39 is 5.97 Å². The summed E-state index contributed by atoms with van der Waals surface area (Å²) in [6.07, 6.45) is 1.45. The average molecular weight is 391 g/mol. The molecule has 12 heavy (non-hydrogen) atoms. The molecule has 0 amide bonds. The van der Waals surface area contributed by atoms with Crippen LogP contribution in [-0.4, -0.2) is 16.1 Å². The molecule has 1 heterocycles. The zero-order valence-electron chi connectivity index (χ0n) is 5.67. The minimum absolute atomic E-state index is 0.0810. The number of aromatic carboxylic acids is 1. The summed E-state index contributed by atoms with van der Waals surface area (Å²) in [5.41, 5.74) is 0.0810. The van der Waals surface area contributed by atoms with Crippen molar-refractivity contribution in [3.05, 3.63) is 30.1 Å². The molecule has 0 unspecified atom stereocenters. The van der Waals surface area contributed by atoms with E-state index in [4.69, 9.17) is 23.5 Å². The number of carboxylic acid groups (broad SMARTS) is 1. The second-order valence-corrected chi connectivity index (χ2v) is 4.69. The first-order valence-corrected chi connectivity index (χ1v) is 8.05. The molecule has 3 nitrogen and oxygen atoms in total. The molecule has 1 N–H and O–H groups in total.